The van der Waals surface area contributed by atoms with Crippen molar-refractivity contribution in [3.63, 3.8) is 0 Å². The molecule has 3 aromatic carbocycles. The topological polar surface area (TPSA) is 112 Å². The van der Waals surface area contributed by atoms with Crippen molar-refractivity contribution in [2.24, 2.45) is 0 Å². The van der Waals surface area contributed by atoms with Gasteiger partial charge < -0.3 is 14.4 Å². The average molecular weight is 407 g/mol. The third-order valence-electron chi connectivity index (χ3n) is 4.29. The molecule has 1 N–H and O–H groups in total. The van der Waals surface area contributed by atoms with Crippen LogP contribution in [0, 0.1) is 15.9 Å². The molecular weight excluding hydrogens is 393 g/mol. The summed E-state index contributed by atoms with van der Waals surface area (Å²) >= 11 is 0. The van der Waals surface area contributed by atoms with Gasteiger partial charge in [-0.2, -0.15) is 4.98 Å². The van der Waals surface area contributed by atoms with Crippen molar-refractivity contribution >= 4 is 5.69 Å². The van der Waals surface area contributed by atoms with Crippen LogP contribution in [0.1, 0.15) is 5.56 Å². The lowest BCUT2D eigenvalue weighted by atomic mass is 10.1. The molecule has 0 radical (unpaired) electrons. The number of nitro benzene ring substituents is 1. The maximum Gasteiger partial charge on any atom is 0.275 e. The van der Waals surface area contributed by atoms with Gasteiger partial charge in [0.2, 0.25) is 5.82 Å². The van der Waals surface area contributed by atoms with E-state index in [1.54, 1.807) is 30.3 Å². The molecule has 9 heteroatoms. The number of hydrogen-bond donors (Lipinski definition) is 1. The number of aliphatic hydroxyl groups is 1. The largest absolute Gasteiger partial charge is 0.457 e. The van der Waals surface area contributed by atoms with Gasteiger partial charge in [0.1, 0.15) is 17.3 Å². The normalized spacial score (nSPS) is 10.7. The number of hydrogen-bond acceptors (Lipinski definition) is 7. The molecule has 4 aromatic rings. The van der Waals surface area contributed by atoms with Crippen LogP contribution < -0.4 is 4.74 Å². The molecule has 0 saturated carbocycles. The Morgan fingerprint density at radius 3 is 2.27 bits per heavy atom. The molecule has 150 valence electrons. The Hall–Kier alpha value is -4.11. The summed E-state index contributed by atoms with van der Waals surface area (Å²) in [6.07, 6.45) is 0. The molecule has 0 aliphatic carbocycles. The summed E-state index contributed by atoms with van der Waals surface area (Å²) in [5.74, 6) is 1.11. The van der Waals surface area contributed by atoms with Gasteiger partial charge in [-0.1, -0.05) is 5.16 Å². The summed E-state index contributed by atoms with van der Waals surface area (Å²) < 4.78 is 23.8. The van der Waals surface area contributed by atoms with E-state index in [4.69, 9.17) is 9.26 Å². The lowest BCUT2D eigenvalue weighted by Gasteiger charge is -2.05. The van der Waals surface area contributed by atoms with E-state index < -0.39 is 11.5 Å². The van der Waals surface area contributed by atoms with Crippen molar-refractivity contribution < 1.29 is 23.7 Å². The second kappa shape index (κ2) is 8.10. The van der Waals surface area contributed by atoms with Crippen LogP contribution in [-0.2, 0) is 6.61 Å². The first-order chi connectivity index (χ1) is 14.5. The minimum atomic E-state index is -0.577. The highest BCUT2D eigenvalue weighted by molar-refractivity contribution is 5.63. The Bertz CT molecular complexity index is 1190. The van der Waals surface area contributed by atoms with Crippen LogP contribution in [0.5, 0.6) is 11.5 Å². The van der Waals surface area contributed by atoms with E-state index in [9.17, 15) is 19.6 Å². The summed E-state index contributed by atoms with van der Waals surface area (Å²) in [7, 11) is 0. The summed E-state index contributed by atoms with van der Waals surface area (Å²) in [4.78, 5) is 14.9. The van der Waals surface area contributed by atoms with Crippen LogP contribution in [0.25, 0.3) is 22.8 Å². The molecule has 1 heterocycles. The molecule has 0 aliphatic rings. The maximum atomic E-state index is 13.0. The lowest BCUT2D eigenvalue weighted by Crippen LogP contribution is -1.95. The zero-order chi connectivity index (χ0) is 21.1. The zero-order valence-electron chi connectivity index (χ0n) is 15.4. The molecule has 1 aromatic heterocycles. The quantitative estimate of drug-likeness (QED) is 0.363. The fourth-order valence-electron chi connectivity index (χ4n) is 2.77. The first kappa shape index (κ1) is 19.2. The van der Waals surface area contributed by atoms with Crippen molar-refractivity contribution in [1.29, 1.82) is 0 Å². The van der Waals surface area contributed by atoms with E-state index in [2.05, 4.69) is 10.1 Å². The van der Waals surface area contributed by atoms with Gasteiger partial charge in [-0.25, -0.2) is 4.39 Å². The molecule has 0 saturated heterocycles. The van der Waals surface area contributed by atoms with Crippen LogP contribution in [0.15, 0.2) is 71.3 Å². The van der Waals surface area contributed by atoms with Crippen LogP contribution in [0.3, 0.4) is 0 Å². The third-order valence-corrected chi connectivity index (χ3v) is 4.29. The van der Waals surface area contributed by atoms with Crippen LogP contribution in [0.4, 0.5) is 10.1 Å². The SMILES string of the molecule is O=[N+]([O-])c1cc(-c2nc(-c3ccc(Oc4ccc(F)cc4)cc3)no2)ccc1CO. The second-order valence-corrected chi connectivity index (χ2v) is 6.26. The smallest absolute Gasteiger partial charge is 0.275 e. The Kier molecular flexibility index (Phi) is 5.19. The molecule has 0 unspecified atom stereocenters. The number of nitro groups is 1. The monoisotopic (exact) mass is 407 g/mol. The van der Waals surface area contributed by atoms with Crippen LogP contribution in [-0.4, -0.2) is 20.2 Å². The Labute approximate surface area is 169 Å². The Balaban J connectivity index is 1.54. The predicted octanol–water partition coefficient (Wildman–Crippen LogP) is 4.74. The first-order valence-corrected chi connectivity index (χ1v) is 8.79. The lowest BCUT2D eigenvalue weighted by molar-refractivity contribution is -0.385. The second-order valence-electron chi connectivity index (χ2n) is 6.26. The van der Waals surface area contributed by atoms with Crippen molar-refractivity contribution in [1.82, 2.24) is 10.1 Å². The highest BCUT2D eigenvalue weighted by Gasteiger charge is 2.18. The summed E-state index contributed by atoms with van der Waals surface area (Å²) in [5, 5.41) is 24.3. The van der Waals surface area contributed by atoms with Gasteiger partial charge in [-0.15, -0.1) is 0 Å². The van der Waals surface area contributed by atoms with Crippen molar-refractivity contribution in [2.75, 3.05) is 0 Å². The minimum Gasteiger partial charge on any atom is -0.457 e. The van der Waals surface area contributed by atoms with E-state index in [1.807, 2.05) is 0 Å². The number of rotatable bonds is 6. The molecule has 0 aliphatic heterocycles. The molecular formula is C21H14FN3O5. The molecule has 0 amide bonds. The van der Waals surface area contributed by atoms with Gasteiger partial charge in [0, 0.05) is 17.2 Å². The highest BCUT2D eigenvalue weighted by atomic mass is 19.1. The standard InChI is InChI=1S/C21H14FN3O5/c22-16-5-9-18(10-6-16)29-17-7-3-13(4-8-17)20-23-21(30-24-20)14-1-2-15(12-26)19(11-14)25(27)28/h1-11,26H,12H2. The fraction of sp³-hybridized carbons (Fsp3) is 0.0476. The van der Waals surface area contributed by atoms with Gasteiger partial charge in [-0.05, 0) is 60.7 Å². The van der Waals surface area contributed by atoms with Crippen molar-refractivity contribution in [3.8, 4) is 34.3 Å². The van der Waals surface area contributed by atoms with Gasteiger partial charge in [0.15, 0.2) is 0 Å². The van der Waals surface area contributed by atoms with Gasteiger partial charge in [0.25, 0.3) is 11.6 Å². The number of aromatic nitrogens is 2. The minimum absolute atomic E-state index is 0.115. The third kappa shape index (κ3) is 4.01. The molecule has 0 atom stereocenters. The van der Waals surface area contributed by atoms with E-state index in [0.717, 1.165) is 0 Å². The van der Waals surface area contributed by atoms with E-state index in [1.165, 1.54) is 36.4 Å². The van der Waals surface area contributed by atoms with Gasteiger partial charge in [-0.3, -0.25) is 10.1 Å². The van der Waals surface area contributed by atoms with Crippen LogP contribution >= 0.6 is 0 Å². The zero-order valence-corrected chi connectivity index (χ0v) is 15.4. The number of benzene rings is 3. The van der Waals surface area contributed by atoms with E-state index in [-0.39, 0.29) is 23.0 Å². The number of aliphatic hydroxyl groups excluding tert-OH is 1. The molecule has 4 rings (SSSR count). The van der Waals surface area contributed by atoms with Crippen molar-refractivity contribution in [2.45, 2.75) is 6.61 Å². The highest BCUT2D eigenvalue weighted by Crippen LogP contribution is 2.29. The van der Waals surface area contributed by atoms with E-state index in [0.29, 0.717) is 28.5 Å². The maximum absolute atomic E-state index is 13.0. The summed E-state index contributed by atoms with van der Waals surface area (Å²) in [6.45, 7) is -0.446. The molecule has 8 nitrogen and oxygen atoms in total. The van der Waals surface area contributed by atoms with Crippen LogP contribution in [0.2, 0.25) is 0 Å². The number of nitrogens with zero attached hydrogens (tertiary/aromatic N) is 3. The van der Waals surface area contributed by atoms with Gasteiger partial charge >= 0.3 is 0 Å². The van der Waals surface area contributed by atoms with Gasteiger partial charge in [0.05, 0.1) is 17.1 Å². The number of ether oxygens (including phenoxy) is 1. The summed E-state index contributed by atoms with van der Waals surface area (Å²) in [5.41, 5.74) is 0.990. The number of halogens is 1. The van der Waals surface area contributed by atoms with E-state index >= 15 is 0 Å². The first-order valence-electron chi connectivity index (χ1n) is 8.79. The molecule has 0 bridgehead atoms. The average Bonchev–Trinajstić information content (AvgIpc) is 3.25. The Morgan fingerprint density at radius 2 is 1.63 bits per heavy atom. The molecule has 30 heavy (non-hydrogen) atoms. The fourth-order valence-corrected chi connectivity index (χ4v) is 2.77. The summed E-state index contributed by atoms with van der Waals surface area (Å²) in [6, 6.07) is 16.8. The van der Waals surface area contributed by atoms with Crippen molar-refractivity contribution in [3.05, 3.63) is 88.2 Å². The Morgan fingerprint density at radius 1 is 1.00 bits per heavy atom. The predicted molar refractivity (Wildman–Crippen MR) is 104 cm³/mol. The molecule has 0 spiro atoms. The molecule has 0 fully saturated rings.